The van der Waals surface area contributed by atoms with Crippen molar-refractivity contribution in [3.05, 3.63) is 77.1 Å². The molecule has 5 heteroatoms. The maximum Gasteiger partial charge on any atom is 0.227 e. The minimum Gasteiger partial charge on any atom is -0.497 e. The molecule has 3 aromatic rings. The largest absolute Gasteiger partial charge is 0.497 e. The predicted octanol–water partition coefficient (Wildman–Crippen LogP) is 4.45. The zero-order valence-corrected chi connectivity index (χ0v) is 15.4. The summed E-state index contributed by atoms with van der Waals surface area (Å²) in [6.45, 7) is 2.04. The minimum absolute atomic E-state index is 0.0965. The Morgan fingerprint density at radius 3 is 2.67 bits per heavy atom. The Kier molecular flexibility index (Phi) is 4.59. The lowest BCUT2D eigenvalue weighted by Crippen LogP contribution is -2.21. The number of carbonyl (C=O) groups is 1. The summed E-state index contributed by atoms with van der Waals surface area (Å²) in [7, 11) is 1.65. The first-order valence-corrected chi connectivity index (χ1v) is 8.99. The van der Waals surface area contributed by atoms with Crippen LogP contribution < -0.4 is 10.1 Å². The normalized spacial score (nSPS) is 15.9. The predicted molar refractivity (Wildman–Crippen MR) is 105 cm³/mol. The fourth-order valence-electron chi connectivity index (χ4n) is 3.47. The summed E-state index contributed by atoms with van der Waals surface area (Å²) in [5, 5.41) is 3.23. The van der Waals surface area contributed by atoms with Crippen molar-refractivity contribution in [3.63, 3.8) is 0 Å². The Bertz CT molecular complexity index is 983. The number of aromatic nitrogens is 2. The van der Waals surface area contributed by atoms with E-state index in [1.165, 1.54) is 0 Å². The maximum atomic E-state index is 12.6. The second kappa shape index (κ2) is 7.19. The van der Waals surface area contributed by atoms with E-state index in [0.29, 0.717) is 17.9 Å². The Hall–Kier alpha value is -3.21. The van der Waals surface area contributed by atoms with Crippen molar-refractivity contribution in [2.24, 2.45) is 0 Å². The molecule has 1 aliphatic carbocycles. The van der Waals surface area contributed by atoms with Gasteiger partial charge in [0, 0.05) is 18.3 Å². The number of hydrogen-bond acceptors (Lipinski definition) is 5. The van der Waals surface area contributed by atoms with Crippen molar-refractivity contribution in [1.82, 2.24) is 9.97 Å². The van der Waals surface area contributed by atoms with Crippen LogP contribution in [0.4, 0.5) is 11.6 Å². The van der Waals surface area contributed by atoms with Crippen molar-refractivity contribution < 1.29 is 9.53 Å². The van der Waals surface area contributed by atoms with Gasteiger partial charge in [0.2, 0.25) is 5.95 Å². The average Bonchev–Trinajstić information content (AvgIpc) is 2.68. The molecule has 1 aromatic heterocycles. The van der Waals surface area contributed by atoms with Gasteiger partial charge in [-0.05, 0) is 54.7 Å². The molecule has 1 heterocycles. The number of nitrogens with one attached hydrogen (secondary N) is 1. The molecular weight excluding hydrogens is 338 g/mol. The van der Waals surface area contributed by atoms with E-state index in [9.17, 15) is 4.79 Å². The number of nitrogens with zero attached hydrogens (tertiary/aromatic N) is 2. The van der Waals surface area contributed by atoms with Gasteiger partial charge in [0.25, 0.3) is 0 Å². The topological polar surface area (TPSA) is 64.1 Å². The molecule has 0 radical (unpaired) electrons. The van der Waals surface area contributed by atoms with E-state index in [0.717, 1.165) is 34.7 Å². The van der Waals surface area contributed by atoms with Crippen LogP contribution >= 0.6 is 0 Å². The summed E-state index contributed by atoms with van der Waals surface area (Å²) >= 11 is 0. The molecular formula is C22H21N3O2. The highest BCUT2D eigenvalue weighted by molar-refractivity contribution is 5.98. The molecule has 0 unspecified atom stereocenters. The van der Waals surface area contributed by atoms with Gasteiger partial charge in [-0.3, -0.25) is 4.79 Å². The number of fused-ring (bicyclic) bond motifs is 1. The first kappa shape index (κ1) is 17.2. The van der Waals surface area contributed by atoms with E-state index in [2.05, 4.69) is 15.3 Å². The average molecular weight is 359 g/mol. The lowest BCUT2D eigenvalue weighted by atomic mass is 9.82. The van der Waals surface area contributed by atoms with Crippen molar-refractivity contribution >= 4 is 17.4 Å². The number of Topliss-reactive ketones (excluding diaryl/α,β-unsaturated/α-hetero) is 1. The van der Waals surface area contributed by atoms with E-state index in [1.54, 1.807) is 13.3 Å². The van der Waals surface area contributed by atoms with Crippen LogP contribution in [-0.2, 0) is 6.42 Å². The van der Waals surface area contributed by atoms with Crippen molar-refractivity contribution in [2.45, 2.75) is 25.7 Å². The number of rotatable bonds is 4. The minimum atomic E-state index is 0.0965. The second-order valence-corrected chi connectivity index (χ2v) is 6.85. The Morgan fingerprint density at radius 2 is 1.93 bits per heavy atom. The fourth-order valence-corrected chi connectivity index (χ4v) is 3.47. The molecule has 1 atom stereocenters. The molecule has 5 nitrogen and oxygen atoms in total. The van der Waals surface area contributed by atoms with Gasteiger partial charge in [0.05, 0.1) is 18.4 Å². The molecule has 0 aliphatic heterocycles. The Morgan fingerprint density at radius 1 is 1.11 bits per heavy atom. The van der Waals surface area contributed by atoms with E-state index >= 15 is 0 Å². The summed E-state index contributed by atoms with van der Waals surface area (Å²) in [4.78, 5) is 21.5. The smallest absolute Gasteiger partial charge is 0.227 e. The summed E-state index contributed by atoms with van der Waals surface area (Å²) in [5.74, 6) is 1.55. The molecule has 0 saturated heterocycles. The Labute approximate surface area is 158 Å². The molecule has 2 aromatic carbocycles. The van der Waals surface area contributed by atoms with E-state index in [1.807, 2.05) is 55.5 Å². The van der Waals surface area contributed by atoms with Crippen LogP contribution in [0.15, 0.2) is 54.7 Å². The van der Waals surface area contributed by atoms with Crippen molar-refractivity contribution in [1.29, 1.82) is 0 Å². The number of methoxy groups -OCH3 is 1. The molecule has 136 valence electrons. The fraction of sp³-hybridized carbons (Fsp3) is 0.227. The first-order valence-electron chi connectivity index (χ1n) is 8.99. The highest BCUT2D eigenvalue weighted by Crippen LogP contribution is 2.33. The van der Waals surface area contributed by atoms with Gasteiger partial charge in [-0.2, -0.15) is 0 Å². The molecule has 1 aliphatic rings. The SMILES string of the molecule is COc1ccc([C@@H]2CC(=O)c3cnc(Nc4cccc(C)c4)nc3C2)cc1. The molecule has 0 bridgehead atoms. The van der Waals surface area contributed by atoms with Gasteiger partial charge in [0.1, 0.15) is 5.75 Å². The number of anilines is 2. The third-order valence-electron chi connectivity index (χ3n) is 4.90. The van der Waals surface area contributed by atoms with Crippen molar-refractivity contribution in [2.75, 3.05) is 12.4 Å². The third-order valence-corrected chi connectivity index (χ3v) is 4.90. The maximum absolute atomic E-state index is 12.6. The number of ketones is 1. The highest BCUT2D eigenvalue weighted by Gasteiger charge is 2.28. The van der Waals surface area contributed by atoms with Gasteiger partial charge in [-0.15, -0.1) is 0 Å². The van der Waals surface area contributed by atoms with Gasteiger partial charge in [-0.1, -0.05) is 24.3 Å². The van der Waals surface area contributed by atoms with E-state index in [4.69, 9.17) is 4.74 Å². The summed E-state index contributed by atoms with van der Waals surface area (Å²) in [6, 6.07) is 15.9. The van der Waals surface area contributed by atoms with Crippen LogP contribution in [0.1, 0.15) is 39.5 Å². The molecule has 4 rings (SSSR count). The Balaban J connectivity index is 1.59. The molecule has 0 saturated carbocycles. The van der Waals surface area contributed by atoms with Crippen LogP contribution in [0.2, 0.25) is 0 Å². The third kappa shape index (κ3) is 3.67. The van der Waals surface area contributed by atoms with E-state index in [-0.39, 0.29) is 11.7 Å². The monoisotopic (exact) mass is 359 g/mol. The van der Waals surface area contributed by atoms with Gasteiger partial charge >= 0.3 is 0 Å². The van der Waals surface area contributed by atoms with Gasteiger partial charge in [-0.25, -0.2) is 9.97 Å². The number of aryl methyl sites for hydroxylation is 1. The highest BCUT2D eigenvalue weighted by atomic mass is 16.5. The number of ether oxygens (including phenoxy) is 1. The van der Waals surface area contributed by atoms with Crippen molar-refractivity contribution in [3.8, 4) is 5.75 Å². The van der Waals surface area contributed by atoms with Crippen LogP contribution in [-0.4, -0.2) is 22.9 Å². The van der Waals surface area contributed by atoms with Gasteiger partial charge < -0.3 is 10.1 Å². The number of hydrogen-bond donors (Lipinski definition) is 1. The lowest BCUT2D eigenvalue weighted by Gasteiger charge is -2.23. The number of benzene rings is 2. The lowest BCUT2D eigenvalue weighted by molar-refractivity contribution is 0.0962. The molecule has 0 spiro atoms. The van der Waals surface area contributed by atoms with E-state index < -0.39 is 0 Å². The quantitative estimate of drug-likeness (QED) is 0.745. The summed E-state index contributed by atoms with van der Waals surface area (Å²) in [6.07, 6.45) is 2.85. The molecule has 1 N–H and O–H groups in total. The van der Waals surface area contributed by atoms with Crippen LogP contribution in [0.5, 0.6) is 5.75 Å². The van der Waals surface area contributed by atoms with Gasteiger partial charge in [0.15, 0.2) is 5.78 Å². The standard InChI is InChI=1S/C22H21N3O2/c1-14-4-3-5-17(10-14)24-22-23-13-19-20(25-22)11-16(12-21(19)26)15-6-8-18(27-2)9-7-15/h3-10,13,16H,11-12H2,1-2H3,(H,23,24,25)/t16-/m0/s1. The molecule has 27 heavy (non-hydrogen) atoms. The summed E-state index contributed by atoms with van der Waals surface area (Å²) in [5.41, 5.74) is 4.66. The first-order chi connectivity index (χ1) is 13.1. The van der Waals surface area contributed by atoms with Crippen LogP contribution in [0.25, 0.3) is 0 Å². The molecule has 0 fully saturated rings. The number of carbonyl (C=O) groups excluding carboxylic acids is 1. The van der Waals surface area contributed by atoms with Crippen LogP contribution in [0, 0.1) is 6.92 Å². The summed E-state index contributed by atoms with van der Waals surface area (Å²) < 4.78 is 5.22. The zero-order chi connectivity index (χ0) is 18.8. The molecule has 0 amide bonds. The van der Waals surface area contributed by atoms with Crippen LogP contribution in [0.3, 0.4) is 0 Å². The zero-order valence-electron chi connectivity index (χ0n) is 15.4. The second-order valence-electron chi connectivity index (χ2n) is 6.85.